The molecule has 0 bridgehead atoms. The summed E-state index contributed by atoms with van der Waals surface area (Å²) in [5, 5.41) is 10.3. The summed E-state index contributed by atoms with van der Waals surface area (Å²) in [5.74, 6) is -1.99. The lowest BCUT2D eigenvalue weighted by Crippen LogP contribution is -2.29. The summed E-state index contributed by atoms with van der Waals surface area (Å²) < 4.78 is 4.48. The molecular formula is C9H15O4-. The number of methoxy groups -OCH3 is 1. The molecule has 76 valence electrons. The van der Waals surface area contributed by atoms with Crippen LogP contribution in [0.1, 0.15) is 26.7 Å². The van der Waals surface area contributed by atoms with Crippen molar-refractivity contribution in [2.24, 2.45) is 11.8 Å². The molecule has 0 fully saturated rings. The van der Waals surface area contributed by atoms with Crippen LogP contribution in [0.25, 0.3) is 0 Å². The van der Waals surface area contributed by atoms with Crippen molar-refractivity contribution < 1.29 is 19.4 Å². The zero-order valence-electron chi connectivity index (χ0n) is 8.20. The van der Waals surface area contributed by atoms with Gasteiger partial charge in [-0.1, -0.05) is 13.8 Å². The van der Waals surface area contributed by atoms with E-state index in [0.717, 1.165) is 0 Å². The number of esters is 1. The van der Waals surface area contributed by atoms with E-state index in [9.17, 15) is 14.7 Å². The minimum absolute atomic E-state index is 0.259. The van der Waals surface area contributed by atoms with Crippen LogP contribution in [0.15, 0.2) is 0 Å². The number of rotatable bonds is 5. The van der Waals surface area contributed by atoms with Crippen molar-refractivity contribution in [1.29, 1.82) is 0 Å². The van der Waals surface area contributed by atoms with E-state index in [2.05, 4.69) is 4.74 Å². The van der Waals surface area contributed by atoms with E-state index in [1.807, 2.05) is 13.8 Å². The molecule has 0 aliphatic heterocycles. The second-order valence-corrected chi connectivity index (χ2v) is 3.43. The average Bonchev–Trinajstić information content (AvgIpc) is 2.00. The Morgan fingerprint density at radius 1 is 1.38 bits per heavy atom. The normalized spacial score (nSPS) is 12.6. The molecule has 0 spiro atoms. The molecule has 0 heterocycles. The Balaban J connectivity index is 4.18. The summed E-state index contributed by atoms with van der Waals surface area (Å²) in [6, 6.07) is 0. The van der Waals surface area contributed by atoms with Gasteiger partial charge in [0, 0.05) is 12.4 Å². The molecule has 13 heavy (non-hydrogen) atoms. The molecule has 0 aliphatic carbocycles. The second kappa shape index (κ2) is 5.56. The van der Waals surface area contributed by atoms with Crippen molar-refractivity contribution in [3.63, 3.8) is 0 Å². The first-order valence-electron chi connectivity index (χ1n) is 4.25. The van der Waals surface area contributed by atoms with E-state index in [-0.39, 0.29) is 12.3 Å². The molecule has 4 heteroatoms. The van der Waals surface area contributed by atoms with Gasteiger partial charge in [0.25, 0.3) is 0 Å². The maximum absolute atomic E-state index is 11.1. The molecular weight excluding hydrogens is 172 g/mol. The van der Waals surface area contributed by atoms with Crippen LogP contribution in [0.5, 0.6) is 0 Å². The molecule has 0 aliphatic rings. The summed E-state index contributed by atoms with van der Waals surface area (Å²) in [6.07, 6.45) is 0.255. The Morgan fingerprint density at radius 2 is 1.92 bits per heavy atom. The van der Waals surface area contributed by atoms with Gasteiger partial charge in [-0.3, -0.25) is 4.79 Å². The number of hydrogen-bond acceptors (Lipinski definition) is 4. The number of hydrogen-bond donors (Lipinski definition) is 0. The number of carbonyl (C=O) groups is 2. The zero-order valence-corrected chi connectivity index (χ0v) is 8.20. The predicted octanol–water partition coefficient (Wildman–Crippen LogP) is -0.0383. The van der Waals surface area contributed by atoms with E-state index < -0.39 is 17.9 Å². The molecule has 0 aromatic carbocycles. The third kappa shape index (κ3) is 5.22. The Morgan fingerprint density at radius 3 is 2.23 bits per heavy atom. The third-order valence-electron chi connectivity index (χ3n) is 1.70. The molecule has 4 nitrogen and oxygen atoms in total. The second-order valence-electron chi connectivity index (χ2n) is 3.43. The first-order valence-corrected chi connectivity index (χ1v) is 4.25. The molecule has 0 saturated carbocycles. The van der Waals surface area contributed by atoms with E-state index >= 15 is 0 Å². The number of carboxylic acids is 1. The summed E-state index contributed by atoms with van der Waals surface area (Å²) in [4.78, 5) is 21.4. The zero-order chi connectivity index (χ0) is 10.4. The topological polar surface area (TPSA) is 66.4 Å². The van der Waals surface area contributed by atoms with Gasteiger partial charge in [0.05, 0.1) is 13.0 Å². The fourth-order valence-corrected chi connectivity index (χ4v) is 1.20. The number of carboxylic acid groups (broad SMARTS) is 1. The van der Waals surface area contributed by atoms with E-state index in [0.29, 0.717) is 6.42 Å². The quantitative estimate of drug-likeness (QED) is 0.566. The Hall–Kier alpha value is -1.06. The van der Waals surface area contributed by atoms with E-state index in [1.54, 1.807) is 0 Å². The minimum atomic E-state index is -1.21. The maximum Gasteiger partial charge on any atom is 0.309 e. The summed E-state index contributed by atoms with van der Waals surface area (Å²) in [5.41, 5.74) is 0. The lowest BCUT2D eigenvalue weighted by molar-refractivity contribution is -0.306. The smallest absolute Gasteiger partial charge is 0.309 e. The van der Waals surface area contributed by atoms with Crippen LogP contribution in [0, 0.1) is 11.8 Å². The fraction of sp³-hybridized carbons (Fsp3) is 0.778. The third-order valence-corrected chi connectivity index (χ3v) is 1.70. The SMILES string of the molecule is COC(=O)[C@H](CC(=O)[O-])CC(C)C. The van der Waals surface area contributed by atoms with Crippen LogP contribution in [-0.2, 0) is 14.3 Å². The molecule has 0 N–H and O–H groups in total. The van der Waals surface area contributed by atoms with Gasteiger partial charge in [0.1, 0.15) is 0 Å². The maximum atomic E-state index is 11.1. The van der Waals surface area contributed by atoms with Crippen LogP contribution < -0.4 is 5.11 Å². The van der Waals surface area contributed by atoms with E-state index in [4.69, 9.17) is 0 Å². The molecule has 0 aromatic heterocycles. The summed E-state index contributed by atoms with van der Waals surface area (Å²) in [6.45, 7) is 3.84. The molecule has 0 radical (unpaired) electrons. The minimum Gasteiger partial charge on any atom is -0.550 e. The molecule has 0 saturated heterocycles. The van der Waals surface area contributed by atoms with Gasteiger partial charge in [-0.25, -0.2) is 0 Å². The molecule has 0 rings (SSSR count). The van der Waals surface area contributed by atoms with Gasteiger partial charge >= 0.3 is 5.97 Å². The van der Waals surface area contributed by atoms with Gasteiger partial charge in [-0.15, -0.1) is 0 Å². The molecule has 0 unspecified atom stereocenters. The van der Waals surface area contributed by atoms with Crippen molar-refractivity contribution in [1.82, 2.24) is 0 Å². The highest BCUT2D eigenvalue weighted by Crippen LogP contribution is 2.16. The Bertz CT molecular complexity index is 186. The van der Waals surface area contributed by atoms with Crippen LogP contribution >= 0.6 is 0 Å². The first-order chi connectivity index (χ1) is 5.97. The van der Waals surface area contributed by atoms with Gasteiger partial charge in [-0.2, -0.15) is 0 Å². The standard InChI is InChI=1S/C9H16O4/c1-6(2)4-7(5-8(10)11)9(12)13-3/h6-7H,4-5H2,1-3H3,(H,10,11)/p-1/t7-/m0/s1. The Kier molecular flexibility index (Phi) is 5.11. The van der Waals surface area contributed by atoms with Crippen molar-refractivity contribution in [3.05, 3.63) is 0 Å². The van der Waals surface area contributed by atoms with Crippen molar-refractivity contribution >= 4 is 11.9 Å². The highest BCUT2D eigenvalue weighted by molar-refractivity contribution is 5.78. The van der Waals surface area contributed by atoms with Gasteiger partial charge in [-0.05, 0) is 12.3 Å². The highest BCUT2D eigenvalue weighted by Gasteiger charge is 2.20. The van der Waals surface area contributed by atoms with Crippen molar-refractivity contribution in [3.8, 4) is 0 Å². The summed E-state index contributed by atoms with van der Waals surface area (Å²) in [7, 11) is 1.25. The van der Waals surface area contributed by atoms with Gasteiger partial charge < -0.3 is 14.6 Å². The van der Waals surface area contributed by atoms with Crippen LogP contribution in [0.2, 0.25) is 0 Å². The largest absolute Gasteiger partial charge is 0.550 e. The number of carbonyl (C=O) groups excluding carboxylic acids is 2. The van der Waals surface area contributed by atoms with Gasteiger partial charge in [0.15, 0.2) is 0 Å². The van der Waals surface area contributed by atoms with Crippen LogP contribution in [0.3, 0.4) is 0 Å². The van der Waals surface area contributed by atoms with Gasteiger partial charge in [0.2, 0.25) is 0 Å². The highest BCUT2D eigenvalue weighted by atomic mass is 16.5. The summed E-state index contributed by atoms with van der Waals surface area (Å²) >= 11 is 0. The Labute approximate surface area is 77.9 Å². The van der Waals surface area contributed by atoms with E-state index in [1.165, 1.54) is 7.11 Å². The number of aliphatic carboxylic acids is 1. The monoisotopic (exact) mass is 187 g/mol. The lowest BCUT2D eigenvalue weighted by atomic mass is 9.94. The fourth-order valence-electron chi connectivity index (χ4n) is 1.20. The lowest BCUT2D eigenvalue weighted by Gasteiger charge is -2.16. The number of ether oxygens (including phenoxy) is 1. The van der Waals surface area contributed by atoms with Crippen LogP contribution in [-0.4, -0.2) is 19.0 Å². The average molecular weight is 187 g/mol. The van der Waals surface area contributed by atoms with Crippen molar-refractivity contribution in [2.75, 3.05) is 7.11 Å². The molecule has 1 atom stereocenters. The molecule has 0 amide bonds. The first kappa shape index (κ1) is 11.9. The van der Waals surface area contributed by atoms with Crippen LogP contribution in [0.4, 0.5) is 0 Å². The molecule has 0 aromatic rings. The predicted molar refractivity (Wildman–Crippen MR) is 44.6 cm³/mol. The van der Waals surface area contributed by atoms with Crippen molar-refractivity contribution in [2.45, 2.75) is 26.7 Å².